The molecule has 0 saturated heterocycles. The van der Waals surface area contributed by atoms with Gasteiger partial charge in [-0.15, -0.1) is 0 Å². The predicted octanol–water partition coefficient (Wildman–Crippen LogP) is 10.2. The quantitative estimate of drug-likeness (QED) is 0.0131. The minimum absolute atomic E-state index is 0.0456. The number of nitrogens with one attached hydrogen (secondary N) is 2. The number of hydrogen-bond donors (Lipinski definition) is 6. The maximum Gasteiger partial charge on any atom is 0.347 e. The molecule has 0 fully saturated rings. The number of esters is 1. The molecule has 12 heteroatoms. The van der Waals surface area contributed by atoms with Gasteiger partial charge in [-0.2, -0.15) is 0 Å². The van der Waals surface area contributed by atoms with Crippen LogP contribution in [0.3, 0.4) is 0 Å². The molecule has 0 atom stereocenters. The Kier molecular flexibility index (Phi) is 18.5. The molecule has 4 aromatic carbocycles. The molecule has 12 nitrogen and oxygen atoms in total. The number of carbonyl (C=O) groups excluding carboxylic acids is 3. The summed E-state index contributed by atoms with van der Waals surface area (Å²) in [4.78, 5) is 38.7. The average molecular weight is 795 g/mol. The van der Waals surface area contributed by atoms with Crippen molar-refractivity contribution in [1.29, 1.82) is 0 Å². The third-order valence-corrected chi connectivity index (χ3v) is 9.01. The average Bonchev–Trinajstić information content (AvgIpc) is 3.21. The number of unbranched alkanes of at least 4 members (excludes halogenated alkanes) is 8. The molecule has 0 spiro atoms. The first kappa shape index (κ1) is 44.3. The van der Waals surface area contributed by atoms with Crippen LogP contribution in [0.25, 0.3) is 0 Å². The zero-order valence-electron chi connectivity index (χ0n) is 33.0. The van der Waals surface area contributed by atoms with Crippen molar-refractivity contribution in [3.8, 4) is 40.2 Å². The van der Waals surface area contributed by atoms with E-state index in [1.165, 1.54) is 61.7 Å². The summed E-state index contributed by atoms with van der Waals surface area (Å²) in [6, 6.07) is 19.1. The lowest BCUT2D eigenvalue weighted by Crippen LogP contribution is -2.16. The number of ether oxygens (including phenoxy) is 3. The van der Waals surface area contributed by atoms with Gasteiger partial charge in [0.05, 0.1) is 11.3 Å². The van der Waals surface area contributed by atoms with Crippen LogP contribution in [-0.4, -0.2) is 51.4 Å². The van der Waals surface area contributed by atoms with Crippen LogP contribution >= 0.6 is 0 Å². The molecule has 0 heterocycles. The highest BCUT2D eigenvalue weighted by molar-refractivity contribution is 6.07. The maximum absolute atomic E-state index is 13.1. The van der Waals surface area contributed by atoms with E-state index in [1.807, 2.05) is 0 Å². The van der Waals surface area contributed by atoms with Crippen molar-refractivity contribution in [1.82, 2.24) is 0 Å². The maximum atomic E-state index is 13.1. The lowest BCUT2D eigenvalue weighted by atomic mass is 10.1. The predicted molar refractivity (Wildman–Crippen MR) is 224 cm³/mol. The van der Waals surface area contributed by atoms with Gasteiger partial charge in [-0.1, -0.05) is 87.6 Å². The molecule has 308 valence electrons. The van der Waals surface area contributed by atoms with E-state index in [-0.39, 0.29) is 53.2 Å². The Morgan fingerprint density at radius 2 is 1.21 bits per heavy atom. The van der Waals surface area contributed by atoms with Crippen LogP contribution in [0.1, 0.15) is 105 Å². The Morgan fingerprint density at radius 1 is 0.603 bits per heavy atom. The number of para-hydroxylation sites is 4. The molecule has 2 amide bonds. The molecule has 6 N–H and O–H groups in total. The minimum Gasteiger partial charge on any atom is -0.504 e. The van der Waals surface area contributed by atoms with Gasteiger partial charge in [-0.05, 0) is 87.1 Å². The number of amides is 2. The molecule has 4 rings (SSSR count). The van der Waals surface area contributed by atoms with Crippen molar-refractivity contribution in [3.05, 3.63) is 114 Å². The fraction of sp³-hybridized carbons (Fsp3) is 0.326. The Labute approximate surface area is 339 Å². The molecule has 58 heavy (non-hydrogen) atoms. The molecule has 4 aromatic rings. The summed E-state index contributed by atoms with van der Waals surface area (Å²) in [5, 5.41) is 45.6. The van der Waals surface area contributed by atoms with Crippen LogP contribution in [0.15, 0.2) is 103 Å². The molecule has 0 unspecified atom stereocenters. The minimum atomic E-state index is -0.909. The Morgan fingerprint density at radius 3 is 1.91 bits per heavy atom. The molecule has 0 aliphatic heterocycles. The summed E-state index contributed by atoms with van der Waals surface area (Å²) in [6.07, 6.45) is 21.3. The molecule has 0 aliphatic rings. The van der Waals surface area contributed by atoms with Gasteiger partial charge in [-0.3, -0.25) is 9.59 Å². The summed E-state index contributed by atoms with van der Waals surface area (Å²) in [7, 11) is 0. The monoisotopic (exact) mass is 794 g/mol. The number of allylic oxidation sites excluding steroid dienone is 4. The molecular formula is C46H54N2O10. The number of aromatic hydroxyl groups is 4. The third kappa shape index (κ3) is 14.6. The van der Waals surface area contributed by atoms with Crippen LogP contribution in [0.4, 0.5) is 11.4 Å². The highest BCUT2D eigenvalue weighted by Crippen LogP contribution is 2.34. The van der Waals surface area contributed by atoms with Crippen LogP contribution in [0.5, 0.6) is 40.2 Å². The van der Waals surface area contributed by atoms with Crippen molar-refractivity contribution in [2.24, 2.45) is 0 Å². The molecular weight excluding hydrogens is 741 g/mol. The summed E-state index contributed by atoms with van der Waals surface area (Å²) in [5.74, 6) is -3.44. The first-order valence-corrected chi connectivity index (χ1v) is 19.8. The number of hydrogen-bond acceptors (Lipinski definition) is 10. The Balaban J connectivity index is 1.29. The highest BCUT2D eigenvalue weighted by atomic mass is 16.6. The zero-order chi connectivity index (χ0) is 41.5. The standard InChI is InChI=1S/C46H54N2O10/c1-2-3-4-5-6-7-8-9-10-11-12-13-14-15-16-27-42(51)47-33-28-29-36(48-45(54)34-21-19-23-37(49)43(34)52)41(32-33)57-31-30-56-39-25-17-18-26-40(39)58-46(55)35-22-20-24-38(50)44(35)53/h6-7,9-10,17-26,28-29,32,49-50,52-53H,2-5,8,11-16,27,30-31H2,1H3,(H,47,51)(H,48,54)/b7-6-,10-9-. The number of carbonyl (C=O) groups is 3. The first-order chi connectivity index (χ1) is 28.2. The molecule has 0 radical (unpaired) electrons. The van der Waals surface area contributed by atoms with Gasteiger partial charge in [0, 0.05) is 18.2 Å². The number of anilines is 2. The number of benzene rings is 4. The lowest BCUT2D eigenvalue weighted by molar-refractivity contribution is -0.116. The van der Waals surface area contributed by atoms with Crippen LogP contribution < -0.4 is 24.8 Å². The number of phenols is 4. The van der Waals surface area contributed by atoms with Gasteiger partial charge >= 0.3 is 5.97 Å². The van der Waals surface area contributed by atoms with Gasteiger partial charge in [0.2, 0.25) is 5.91 Å². The van der Waals surface area contributed by atoms with Gasteiger partial charge in [0.15, 0.2) is 34.5 Å². The highest BCUT2D eigenvalue weighted by Gasteiger charge is 2.19. The largest absolute Gasteiger partial charge is 0.504 e. The molecule has 0 aromatic heterocycles. The summed E-state index contributed by atoms with van der Waals surface area (Å²) in [6.45, 7) is 2.11. The van der Waals surface area contributed by atoms with E-state index in [0.717, 1.165) is 51.4 Å². The van der Waals surface area contributed by atoms with Crippen molar-refractivity contribution >= 4 is 29.2 Å². The summed E-state index contributed by atoms with van der Waals surface area (Å²) < 4.78 is 17.3. The van der Waals surface area contributed by atoms with Gasteiger partial charge in [0.1, 0.15) is 24.5 Å². The Hall–Kier alpha value is -6.43. The van der Waals surface area contributed by atoms with Crippen molar-refractivity contribution in [2.75, 3.05) is 23.8 Å². The fourth-order valence-electron chi connectivity index (χ4n) is 5.86. The van der Waals surface area contributed by atoms with Crippen LogP contribution in [-0.2, 0) is 4.79 Å². The van der Waals surface area contributed by atoms with E-state index in [2.05, 4.69) is 41.9 Å². The topological polar surface area (TPSA) is 184 Å². The SMILES string of the molecule is CCCCC/C=C\C/C=C\CCCCCCCC(=O)Nc1ccc(NC(=O)c2cccc(O)c2O)c(OCCOc2ccccc2OC(=O)c2cccc(O)c2O)c1. The zero-order valence-corrected chi connectivity index (χ0v) is 33.0. The van der Waals surface area contributed by atoms with Gasteiger partial charge < -0.3 is 45.3 Å². The van der Waals surface area contributed by atoms with Crippen molar-refractivity contribution in [3.63, 3.8) is 0 Å². The van der Waals surface area contributed by atoms with Crippen molar-refractivity contribution in [2.45, 2.75) is 84.0 Å². The van der Waals surface area contributed by atoms with E-state index < -0.39 is 34.9 Å². The smallest absolute Gasteiger partial charge is 0.347 e. The van der Waals surface area contributed by atoms with Gasteiger partial charge in [-0.25, -0.2) is 4.79 Å². The molecule has 0 bridgehead atoms. The van der Waals surface area contributed by atoms with E-state index in [4.69, 9.17) is 14.2 Å². The normalized spacial score (nSPS) is 11.1. The first-order valence-electron chi connectivity index (χ1n) is 19.8. The van der Waals surface area contributed by atoms with Crippen LogP contribution in [0, 0.1) is 0 Å². The van der Waals surface area contributed by atoms with Crippen molar-refractivity contribution < 1.29 is 49.0 Å². The van der Waals surface area contributed by atoms with E-state index in [0.29, 0.717) is 12.1 Å². The lowest BCUT2D eigenvalue weighted by Gasteiger charge is -2.16. The third-order valence-electron chi connectivity index (χ3n) is 9.01. The molecule has 0 saturated carbocycles. The summed E-state index contributed by atoms with van der Waals surface area (Å²) in [5.41, 5.74) is 0.271. The summed E-state index contributed by atoms with van der Waals surface area (Å²) >= 11 is 0. The van der Waals surface area contributed by atoms with E-state index in [9.17, 15) is 34.8 Å². The van der Waals surface area contributed by atoms with Gasteiger partial charge in [0.25, 0.3) is 5.91 Å². The molecule has 0 aliphatic carbocycles. The second-order valence-electron chi connectivity index (χ2n) is 13.6. The van der Waals surface area contributed by atoms with E-state index in [1.54, 1.807) is 36.4 Å². The second kappa shape index (κ2) is 24.3. The number of phenolic OH excluding ortho intramolecular Hbond substituents is 4. The van der Waals surface area contributed by atoms with Crippen LogP contribution in [0.2, 0.25) is 0 Å². The number of rotatable bonds is 24. The van der Waals surface area contributed by atoms with E-state index >= 15 is 0 Å². The second-order valence-corrected chi connectivity index (χ2v) is 13.6. The Bertz CT molecular complexity index is 2010. The fourth-order valence-corrected chi connectivity index (χ4v) is 5.86.